The molecule has 0 aliphatic carbocycles. The fourth-order valence-corrected chi connectivity index (χ4v) is 3.54. The fourth-order valence-electron chi connectivity index (χ4n) is 3.54. The smallest absolute Gasteiger partial charge is 0.277 e. The maximum atomic E-state index is 12.9. The molecule has 0 spiro atoms. The minimum Gasteiger partial charge on any atom is -0.484 e. The molecule has 3 aromatic rings. The first kappa shape index (κ1) is 20.6. The van der Waals surface area contributed by atoms with Crippen molar-refractivity contribution in [1.82, 2.24) is 15.2 Å². The number of halogens is 1. The Labute approximate surface area is 180 Å². The van der Waals surface area contributed by atoms with Crippen LogP contribution in [0.25, 0.3) is 5.69 Å². The van der Waals surface area contributed by atoms with E-state index in [1.165, 1.54) is 24.3 Å². The van der Waals surface area contributed by atoms with Gasteiger partial charge in [-0.25, -0.2) is 14.5 Å². The summed E-state index contributed by atoms with van der Waals surface area (Å²) in [7, 11) is 0. The average Bonchev–Trinajstić information content (AvgIpc) is 3.42. The Balaban J connectivity index is 1.48. The van der Waals surface area contributed by atoms with Crippen LogP contribution >= 0.6 is 0 Å². The summed E-state index contributed by atoms with van der Waals surface area (Å²) in [6.45, 7) is 3.62. The van der Waals surface area contributed by atoms with Gasteiger partial charge in [-0.1, -0.05) is 18.2 Å². The first-order valence-electron chi connectivity index (χ1n) is 10.2. The van der Waals surface area contributed by atoms with Crippen LogP contribution in [0.3, 0.4) is 0 Å². The molecular formula is C23H24FN5O2. The van der Waals surface area contributed by atoms with Crippen molar-refractivity contribution >= 4 is 17.9 Å². The number of aryl methyl sites for hydroxylation is 1. The third-order valence-electron chi connectivity index (χ3n) is 5.05. The van der Waals surface area contributed by atoms with Crippen molar-refractivity contribution in [1.29, 1.82) is 0 Å². The summed E-state index contributed by atoms with van der Waals surface area (Å²) in [5.74, 6) is 0.622. The second-order valence-corrected chi connectivity index (χ2v) is 7.30. The van der Waals surface area contributed by atoms with Crippen molar-refractivity contribution in [3.63, 3.8) is 0 Å². The van der Waals surface area contributed by atoms with Gasteiger partial charge in [-0.15, -0.1) is 0 Å². The van der Waals surface area contributed by atoms with E-state index in [4.69, 9.17) is 9.84 Å². The number of nitrogens with zero attached hydrogens (tertiary/aromatic N) is 4. The number of hydrogen-bond donors (Lipinski definition) is 1. The van der Waals surface area contributed by atoms with E-state index in [0.29, 0.717) is 5.75 Å². The van der Waals surface area contributed by atoms with Crippen LogP contribution in [0.4, 0.5) is 10.2 Å². The SMILES string of the molecule is Cc1nn(-c2ccccc2)c(N2CCCC2)c1/C=N\NC(=O)COc1ccc(F)cc1. The van der Waals surface area contributed by atoms with E-state index in [1.54, 1.807) is 6.21 Å². The number of anilines is 1. The highest BCUT2D eigenvalue weighted by molar-refractivity contribution is 5.90. The number of para-hydroxylation sites is 1. The maximum Gasteiger partial charge on any atom is 0.277 e. The molecule has 1 aliphatic heterocycles. The Morgan fingerprint density at radius 3 is 2.58 bits per heavy atom. The van der Waals surface area contributed by atoms with Gasteiger partial charge in [0.2, 0.25) is 0 Å². The number of nitrogens with one attached hydrogen (secondary N) is 1. The predicted molar refractivity (Wildman–Crippen MR) is 117 cm³/mol. The van der Waals surface area contributed by atoms with Crippen molar-refractivity contribution in [2.75, 3.05) is 24.6 Å². The molecule has 0 saturated carbocycles. The number of amides is 1. The lowest BCUT2D eigenvalue weighted by atomic mass is 10.2. The van der Waals surface area contributed by atoms with E-state index in [0.717, 1.165) is 48.7 Å². The zero-order valence-electron chi connectivity index (χ0n) is 17.3. The quantitative estimate of drug-likeness (QED) is 0.469. The van der Waals surface area contributed by atoms with Crippen LogP contribution in [0.1, 0.15) is 24.1 Å². The highest BCUT2D eigenvalue weighted by Crippen LogP contribution is 2.28. The number of benzene rings is 2. The molecule has 160 valence electrons. The molecular weight excluding hydrogens is 397 g/mol. The normalized spacial score (nSPS) is 13.7. The molecule has 7 nitrogen and oxygen atoms in total. The zero-order valence-corrected chi connectivity index (χ0v) is 17.3. The van der Waals surface area contributed by atoms with Crippen LogP contribution in [0.5, 0.6) is 5.75 Å². The molecule has 1 amide bonds. The molecule has 0 radical (unpaired) electrons. The summed E-state index contributed by atoms with van der Waals surface area (Å²) < 4.78 is 20.2. The average molecular weight is 421 g/mol. The van der Waals surface area contributed by atoms with E-state index in [9.17, 15) is 9.18 Å². The summed E-state index contributed by atoms with van der Waals surface area (Å²) in [5, 5.41) is 8.85. The molecule has 31 heavy (non-hydrogen) atoms. The standard InChI is InChI=1S/C23H24FN5O2/c1-17-21(15-25-26-22(30)16-31-20-11-9-18(24)10-12-20)23(28-13-5-6-14-28)29(27-17)19-7-3-2-4-8-19/h2-4,7-12,15H,5-6,13-14,16H2,1H3,(H,26,30)/b25-15-. The Kier molecular flexibility index (Phi) is 6.26. The van der Waals surface area contributed by atoms with Crippen LogP contribution in [0.15, 0.2) is 59.7 Å². The van der Waals surface area contributed by atoms with Crippen molar-refractivity contribution in [3.05, 3.63) is 71.7 Å². The monoisotopic (exact) mass is 421 g/mol. The van der Waals surface area contributed by atoms with Crippen LogP contribution in [-0.4, -0.2) is 41.6 Å². The molecule has 0 atom stereocenters. The second kappa shape index (κ2) is 9.42. The Hall–Kier alpha value is -3.68. The number of aromatic nitrogens is 2. The predicted octanol–water partition coefficient (Wildman–Crippen LogP) is 3.45. The van der Waals surface area contributed by atoms with E-state index in [-0.39, 0.29) is 12.4 Å². The lowest BCUT2D eigenvalue weighted by molar-refractivity contribution is -0.123. The minimum absolute atomic E-state index is 0.218. The minimum atomic E-state index is -0.406. The lowest BCUT2D eigenvalue weighted by Crippen LogP contribution is -2.25. The summed E-state index contributed by atoms with van der Waals surface area (Å²) in [6, 6.07) is 15.5. The lowest BCUT2D eigenvalue weighted by Gasteiger charge is -2.20. The molecule has 1 N–H and O–H groups in total. The molecule has 0 bridgehead atoms. The van der Waals surface area contributed by atoms with Crippen molar-refractivity contribution in [3.8, 4) is 11.4 Å². The van der Waals surface area contributed by atoms with Crippen molar-refractivity contribution in [2.45, 2.75) is 19.8 Å². The number of ether oxygens (including phenoxy) is 1. The Bertz CT molecular complexity index is 1060. The van der Waals surface area contributed by atoms with Gasteiger partial charge < -0.3 is 9.64 Å². The topological polar surface area (TPSA) is 71.8 Å². The number of hydrazone groups is 1. The molecule has 2 heterocycles. The number of carbonyl (C=O) groups excluding carboxylic acids is 1. The van der Waals surface area contributed by atoms with Gasteiger partial charge in [-0.2, -0.15) is 10.2 Å². The third kappa shape index (κ3) is 4.91. The van der Waals surface area contributed by atoms with Gasteiger partial charge in [0.25, 0.3) is 5.91 Å². The summed E-state index contributed by atoms with van der Waals surface area (Å²) >= 11 is 0. The molecule has 4 rings (SSSR count). The number of carbonyl (C=O) groups is 1. The van der Waals surface area contributed by atoms with Crippen molar-refractivity contribution < 1.29 is 13.9 Å². The molecule has 0 unspecified atom stereocenters. The van der Waals surface area contributed by atoms with Gasteiger partial charge in [0.1, 0.15) is 17.4 Å². The van der Waals surface area contributed by atoms with E-state index in [1.807, 2.05) is 41.9 Å². The van der Waals surface area contributed by atoms with Gasteiger partial charge in [-0.3, -0.25) is 4.79 Å². The highest BCUT2D eigenvalue weighted by Gasteiger charge is 2.23. The molecule has 1 aromatic heterocycles. The van der Waals surface area contributed by atoms with Crippen molar-refractivity contribution in [2.24, 2.45) is 5.10 Å². The van der Waals surface area contributed by atoms with Gasteiger partial charge in [0.15, 0.2) is 6.61 Å². The Morgan fingerprint density at radius 2 is 1.87 bits per heavy atom. The first-order valence-corrected chi connectivity index (χ1v) is 10.2. The van der Waals surface area contributed by atoms with Crippen LogP contribution in [-0.2, 0) is 4.79 Å². The second-order valence-electron chi connectivity index (χ2n) is 7.30. The number of rotatable bonds is 7. The van der Waals surface area contributed by atoms with E-state index >= 15 is 0 Å². The molecule has 1 saturated heterocycles. The molecule has 8 heteroatoms. The molecule has 2 aromatic carbocycles. The molecule has 1 fully saturated rings. The Morgan fingerprint density at radius 1 is 1.16 bits per heavy atom. The summed E-state index contributed by atoms with van der Waals surface area (Å²) in [6.07, 6.45) is 3.89. The largest absolute Gasteiger partial charge is 0.484 e. The number of hydrogen-bond acceptors (Lipinski definition) is 5. The van der Waals surface area contributed by atoms with Gasteiger partial charge in [0.05, 0.1) is 23.2 Å². The van der Waals surface area contributed by atoms with Crippen LogP contribution in [0.2, 0.25) is 0 Å². The maximum absolute atomic E-state index is 12.9. The van der Waals surface area contributed by atoms with Crippen LogP contribution < -0.4 is 15.1 Å². The van der Waals surface area contributed by atoms with Gasteiger partial charge in [0, 0.05) is 13.1 Å². The highest BCUT2D eigenvalue weighted by atomic mass is 19.1. The first-order chi connectivity index (χ1) is 15.1. The summed E-state index contributed by atoms with van der Waals surface area (Å²) in [5.41, 5.74) is 5.15. The van der Waals surface area contributed by atoms with Gasteiger partial charge in [-0.05, 0) is 56.2 Å². The van der Waals surface area contributed by atoms with E-state index < -0.39 is 5.91 Å². The third-order valence-corrected chi connectivity index (χ3v) is 5.05. The van der Waals surface area contributed by atoms with E-state index in [2.05, 4.69) is 15.4 Å². The molecule has 1 aliphatic rings. The zero-order chi connectivity index (χ0) is 21.6. The summed E-state index contributed by atoms with van der Waals surface area (Å²) in [4.78, 5) is 14.4. The fraction of sp³-hybridized carbons (Fsp3) is 0.261. The van der Waals surface area contributed by atoms with Crippen LogP contribution in [0, 0.1) is 12.7 Å². The van der Waals surface area contributed by atoms with Gasteiger partial charge >= 0.3 is 0 Å².